The predicted octanol–water partition coefficient (Wildman–Crippen LogP) is 4.75. The molecule has 0 fully saturated rings. The number of halogens is 4. The number of carbonyl (C=O) groups is 2. The Bertz CT molecular complexity index is 1140. The molecular weight excluding hydrogens is 433 g/mol. The third-order valence-electron chi connectivity index (χ3n) is 4.62. The summed E-state index contributed by atoms with van der Waals surface area (Å²) in [7, 11) is 1.21. The number of esters is 1. The molecule has 0 saturated heterocycles. The molecule has 0 aliphatic rings. The standard InChI is InChI=1S/C22H18ClF3N2O3/c1-31-21(30)19(11-14-12-27-18-5-3-2-4-15(14)18)28-20(29)9-7-13-6-8-17(23)16(10-13)22(24,25)26/h2-10,12,19,27H,11H2,1H3,(H,28,29). The van der Waals surface area contributed by atoms with Crippen molar-refractivity contribution >= 4 is 40.5 Å². The Balaban J connectivity index is 1.75. The van der Waals surface area contributed by atoms with Gasteiger partial charge >= 0.3 is 12.1 Å². The van der Waals surface area contributed by atoms with Crippen LogP contribution in [0, 0.1) is 0 Å². The molecule has 1 aromatic heterocycles. The number of carbonyl (C=O) groups excluding carboxylic acids is 2. The predicted molar refractivity (Wildman–Crippen MR) is 111 cm³/mol. The van der Waals surface area contributed by atoms with Crippen molar-refractivity contribution in [2.45, 2.75) is 18.6 Å². The fraction of sp³-hybridized carbons (Fsp3) is 0.182. The lowest BCUT2D eigenvalue weighted by atomic mass is 10.0. The number of benzene rings is 2. The maximum absolute atomic E-state index is 13.0. The molecule has 0 saturated carbocycles. The molecule has 3 rings (SSSR count). The number of methoxy groups -OCH3 is 1. The van der Waals surface area contributed by atoms with E-state index in [0.717, 1.165) is 34.7 Å². The second kappa shape index (κ2) is 9.26. The average molecular weight is 451 g/mol. The van der Waals surface area contributed by atoms with Crippen LogP contribution in [-0.4, -0.2) is 30.0 Å². The van der Waals surface area contributed by atoms with E-state index in [-0.39, 0.29) is 12.0 Å². The van der Waals surface area contributed by atoms with E-state index in [1.54, 1.807) is 6.20 Å². The maximum atomic E-state index is 13.0. The van der Waals surface area contributed by atoms with Crippen molar-refractivity contribution in [2.75, 3.05) is 7.11 Å². The molecule has 1 unspecified atom stereocenters. The monoisotopic (exact) mass is 450 g/mol. The van der Waals surface area contributed by atoms with Gasteiger partial charge in [0.1, 0.15) is 6.04 Å². The third kappa shape index (κ3) is 5.46. The highest BCUT2D eigenvalue weighted by Crippen LogP contribution is 2.35. The number of hydrogen-bond donors (Lipinski definition) is 2. The highest BCUT2D eigenvalue weighted by Gasteiger charge is 2.33. The zero-order valence-electron chi connectivity index (χ0n) is 16.3. The summed E-state index contributed by atoms with van der Waals surface area (Å²) in [5.41, 5.74) is 0.833. The summed E-state index contributed by atoms with van der Waals surface area (Å²) in [5.74, 6) is -1.29. The second-order valence-corrected chi connectivity index (χ2v) is 7.13. The van der Waals surface area contributed by atoms with E-state index in [0.29, 0.717) is 0 Å². The number of aromatic amines is 1. The van der Waals surface area contributed by atoms with E-state index in [4.69, 9.17) is 16.3 Å². The molecular formula is C22H18ClF3N2O3. The number of H-pyrrole nitrogens is 1. The number of nitrogens with one attached hydrogen (secondary N) is 2. The van der Waals surface area contributed by atoms with Crippen LogP contribution in [0.5, 0.6) is 0 Å². The van der Waals surface area contributed by atoms with Gasteiger partial charge in [0.2, 0.25) is 5.91 Å². The number of hydrogen-bond acceptors (Lipinski definition) is 3. The molecule has 1 heterocycles. The van der Waals surface area contributed by atoms with E-state index in [1.807, 2.05) is 24.3 Å². The Morgan fingerprint density at radius 3 is 2.68 bits per heavy atom. The Hall–Kier alpha value is -3.26. The number of rotatable bonds is 6. The van der Waals surface area contributed by atoms with Gasteiger partial charge in [0.15, 0.2) is 0 Å². The topological polar surface area (TPSA) is 71.2 Å². The highest BCUT2D eigenvalue weighted by atomic mass is 35.5. The summed E-state index contributed by atoms with van der Waals surface area (Å²) < 4.78 is 43.7. The van der Waals surface area contributed by atoms with Crippen molar-refractivity contribution in [3.05, 3.63) is 76.5 Å². The van der Waals surface area contributed by atoms with E-state index in [2.05, 4.69) is 10.3 Å². The minimum absolute atomic E-state index is 0.137. The van der Waals surface area contributed by atoms with Gasteiger partial charge in [0, 0.05) is 29.6 Å². The molecule has 0 spiro atoms. The van der Waals surface area contributed by atoms with Crippen LogP contribution in [0.25, 0.3) is 17.0 Å². The van der Waals surface area contributed by atoms with Crippen LogP contribution >= 0.6 is 11.6 Å². The molecule has 0 radical (unpaired) electrons. The Labute approximate surface area is 180 Å². The van der Waals surface area contributed by atoms with Gasteiger partial charge in [-0.2, -0.15) is 13.2 Å². The summed E-state index contributed by atoms with van der Waals surface area (Å²) in [6, 6.07) is 9.82. The molecule has 5 nitrogen and oxygen atoms in total. The Kier molecular flexibility index (Phi) is 6.70. The molecule has 3 aromatic rings. The number of alkyl halides is 3. The fourth-order valence-corrected chi connectivity index (χ4v) is 3.34. The van der Waals surface area contributed by atoms with Crippen LogP contribution in [0.4, 0.5) is 13.2 Å². The summed E-state index contributed by atoms with van der Waals surface area (Å²) >= 11 is 5.59. The second-order valence-electron chi connectivity index (χ2n) is 6.72. The van der Waals surface area contributed by atoms with Gasteiger partial charge in [-0.25, -0.2) is 4.79 Å². The quantitative estimate of drug-likeness (QED) is 0.420. The first-order chi connectivity index (χ1) is 14.7. The zero-order valence-corrected chi connectivity index (χ0v) is 17.1. The van der Waals surface area contributed by atoms with Gasteiger partial charge in [-0.15, -0.1) is 0 Å². The van der Waals surface area contributed by atoms with Gasteiger partial charge < -0.3 is 15.0 Å². The summed E-state index contributed by atoms with van der Waals surface area (Å²) in [4.78, 5) is 27.6. The van der Waals surface area contributed by atoms with Crippen LogP contribution in [0.3, 0.4) is 0 Å². The summed E-state index contributed by atoms with van der Waals surface area (Å²) in [6.07, 6.45) is -0.432. The van der Waals surface area contributed by atoms with E-state index < -0.39 is 34.7 Å². The van der Waals surface area contributed by atoms with E-state index >= 15 is 0 Å². The molecule has 162 valence electrons. The van der Waals surface area contributed by atoms with E-state index in [9.17, 15) is 22.8 Å². The van der Waals surface area contributed by atoms with Crippen molar-refractivity contribution in [1.82, 2.24) is 10.3 Å². The number of para-hydroxylation sites is 1. The minimum Gasteiger partial charge on any atom is -0.467 e. The largest absolute Gasteiger partial charge is 0.467 e. The molecule has 0 bridgehead atoms. The molecule has 2 N–H and O–H groups in total. The maximum Gasteiger partial charge on any atom is 0.417 e. The smallest absolute Gasteiger partial charge is 0.417 e. The van der Waals surface area contributed by atoms with Crippen molar-refractivity contribution in [3.8, 4) is 0 Å². The Morgan fingerprint density at radius 1 is 1.23 bits per heavy atom. The summed E-state index contributed by atoms with van der Waals surface area (Å²) in [5, 5.41) is 3.01. The molecule has 31 heavy (non-hydrogen) atoms. The minimum atomic E-state index is -4.61. The van der Waals surface area contributed by atoms with Crippen LogP contribution in [0.2, 0.25) is 5.02 Å². The first-order valence-electron chi connectivity index (χ1n) is 9.17. The third-order valence-corrected chi connectivity index (χ3v) is 4.95. The van der Waals surface area contributed by atoms with Gasteiger partial charge in [0.25, 0.3) is 0 Å². The average Bonchev–Trinajstić information content (AvgIpc) is 3.14. The molecule has 0 aliphatic heterocycles. The normalized spacial score (nSPS) is 12.8. The number of aromatic nitrogens is 1. The lowest BCUT2D eigenvalue weighted by Crippen LogP contribution is -2.42. The molecule has 0 aliphatic carbocycles. The zero-order chi connectivity index (χ0) is 22.6. The highest BCUT2D eigenvalue weighted by molar-refractivity contribution is 6.31. The molecule has 9 heteroatoms. The molecule has 2 aromatic carbocycles. The van der Waals surface area contributed by atoms with Gasteiger partial charge in [-0.3, -0.25) is 4.79 Å². The van der Waals surface area contributed by atoms with Gasteiger partial charge in [-0.1, -0.05) is 35.9 Å². The number of fused-ring (bicyclic) bond motifs is 1. The van der Waals surface area contributed by atoms with Crippen LogP contribution in [0.15, 0.2) is 54.7 Å². The first-order valence-corrected chi connectivity index (χ1v) is 9.55. The van der Waals surface area contributed by atoms with Crippen molar-refractivity contribution < 1.29 is 27.5 Å². The van der Waals surface area contributed by atoms with Crippen molar-refractivity contribution in [1.29, 1.82) is 0 Å². The van der Waals surface area contributed by atoms with Crippen LogP contribution < -0.4 is 5.32 Å². The van der Waals surface area contributed by atoms with Gasteiger partial charge in [0.05, 0.1) is 17.7 Å². The van der Waals surface area contributed by atoms with Crippen molar-refractivity contribution in [3.63, 3.8) is 0 Å². The fourth-order valence-electron chi connectivity index (χ4n) is 3.11. The van der Waals surface area contributed by atoms with Gasteiger partial charge in [-0.05, 0) is 35.4 Å². The Morgan fingerprint density at radius 2 is 1.97 bits per heavy atom. The van der Waals surface area contributed by atoms with Crippen LogP contribution in [-0.2, 0) is 26.9 Å². The first kappa shape index (κ1) is 22.4. The van der Waals surface area contributed by atoms with Crippen molar-refractivity contribution in [2.24, 2.45) is 0 Å². The SMILES string of the molecule is COC(=O)C(Cc1c[nH]c2ccccc12)NC(=O)C=Cc1ccc(Cl)c(C(F)(F)F)c1. The molecule has 1 atom stereocenters. The van der Waals surface area contributed by atoms with E-state index in [1.165, 1.54) is 19.3 Å². The van der Waals surface area contributed by atoms with Crippen LogP contribution in [0.1, 0.15) is 16.7 Å². The summed E-state index contributed by atoms with van der Waals surface area (Å²) in [6.45, 7) is 0. The number of amides is 1. The number of ether oxygens (including phenoxy) is 1. The molecule has 1 amide bonds. The lowest BCUT2D eigenvalue weighted by Gasteiger charge is -2.15. The lowest BCUT2D eigenvalue weighted by molar-refractivity contribution is -0.144.